The van der Waals surface area contributed by atoms with E-state index in [0.717, 1.165) is 0 Å². The van der Waals surface area contributed by atoms with Gasteiger partial charge in [0.1, 0.15) is 0 Å². The summed E-state index contributed by atoms with van der Waals surface area (Å²) in [6.45, 7) is 9.30. The monoisotopic (exact) mass is 226 g/mol. The first-order valence-electron chi connectivity index (χ1n) is 6.79. The van der Waals surface area contributed by atoms with Gasteiger partial charge in [-0.05, 0) is 42.7 Å². The van der Waals surface area contributed by atoms with Crippen LogP contribution in [0.15, 0.2) is 46.1 Å². The molecule has 17 heavy (non-hydrogen) atoms. The molecule has 3 aliphatic rings. The topological polar surface area (TPSA) is 0 Å². The van der Waals surface area contributed by atoms with Crippen molar-refractivity contribution in [1.82, 2.24) is 0 Å². The van der Waals surface area contributed by atoms with Gasteiger partial charge in [0.05, 0.1) is 0 Å². The Balaban J connectivity index is 2.00. The molecule has 0 radical (unpaired) electrons. The molecule has 90 valence electrons. The van der Waals surface area contributed by atoms with E-state index in [9.17, 15) is 0 Å². The van der Waals surface area contributed by atoms with Crippen molar-refractivity contribution in [2.24, 2.45) is 11.3 Å². The molecule has 1 unspecified atom stereocenters. The van der Waals surface area contributed by atoms with E-state index in [1.807, 2.05) is 0 Å². The van der Waals surface area contributed by atoms with E-state index in [0.29, 0.717) is 11.3 Å². The summed E-state index contributed by atoms with van der Waals surface area (Å²) in [4.78, 5) is 0. The Morgan fingerprint density at radius 2 is 1.88 bits per heavy atom. The predicted octanol–water partition coefficient (Wildman–Crippen LogP) is 4.96. The standard InChI is InChI=1S/C17H22/c1-11-6-5-7-12(11)15-10-16(17(2,3)4)14-9-8-13(14)15/h5-6,10,15H,7-9H2,1-4H3. The summed E-state index contributed by atoms with van der Waals surface area (Å²) in [7, 11) is 0. The van der Waals surface area contributed by atoms with Crippen molar-refractivity contribution in [2.75, 3.05) is 0 Å². The second-order valence-electron chi connectivity index (χ2n) is 6.63. The molecule has 0 amide bonds. The summed E-state index contributed by atoms with van der Waals surface area (Å²) >= 11 is 0. The first-order chi connectivity index (χ1) is 7.98. The van der Waals surface area contributed by atoms with Crippen LogP contribution in [0.4, 0.5) is 0 Å². The lowest BCUT2D eigenvalue weighted by Crippen LogP contribution is -2.14. The van der Waals surface area contributed by atoms with Gasteiger partial charge in [-0.1, -0.05) is 55.7 Å². The van der Waals surface area contributed by atoms with Crippen LogP contribution in [0.2, 0.25) is 0 Å². The molecule has 3 rings (SSSR count). The minimum atomic E-state index is 0.316. The number of allylic oxidation sites excluding steroid dienone is 8. The van der Waals surface area contributed by atoms with Gasteiger partial charge in [0.2, 0.25) is 0 Å². The van der Waals surface area contributed by atoms with E-state index < -0.39 is 0 Å². The van der Waals surface area contributed by atoms with Crippen molar-refractivity contribution < 1.29 is 0 Å². The first-order valence-corrected chi connectivity index (χ1v) is 6.79. The lowest BCUT2D eigenvalue weighted by molar-refractivity contribution is 0.503. The Morgan fingerprint density at radius 1 is 1.12 bits per heavy atom. The minimum Gasteiger partial charge on any atom is -0.0802 e. The van der Waals surface area contributed by atoms with Crippen molar-refractivity contribution in [3.63, 3.8) is 0 Å². The molecule has 0 N–H and O–H groups in total. The van der Waals surface area contributed by atoms with Gasteiger partial charge in [0, 0.05) is 5.92 Å². The number of hydrogen-bond acceptors (Lipinski definition) is 0. The van der Waals surface area contributed by atoms with Gasteiger partial charge in [0.25, 0.3) is 0 Å². The summed E-state index contributed by atoms with van der Waals surface area (Å²) < 4.78 is 0. The highest BCUT2D eigenvalue weighted by Crippen LogP contribution is 2.53. The Bertz CT molecular complexity index is 487. The lowest BCUT2D eigenvalue weighted by Gasteiger charge is -2.29. The van der Waals surface area contributed by atoms with E-state index in [4.69, 9.17) is 0 Å². The molecule has 0 bridgehead atoms. The van der Waals surface area contributed by atoms with Gasteiger partial charge in [-0.2, -0.15) is 0 Å². The molecule has 3 aliphatic carbocycles. The molecule has 0 spiro atoms. The average Bonchev–Trinajstić information content (AvgIpc) is 2.67. The van der Waals surface area contributed by atoms with Crippen molar-refractivity contribution >= 4 is 0 Å². The van der Waals surface area contributed by atoms with E-state index in [1.165, 1.54) is 24.8 Å². The van der Waals surface area contributed by atoms with Crippen LogP contribution < -0.4 is 0 Å². The predicted molar refractivity (Wildman–Crippen MR) is 73.7 cm³/mol. The molecule has 0 heteroatoms. The molecule has 0 aromatic heterocycles. The van der Waals surface area contributed by atoms with Crippen LogP contribution in [0.1, 0.15) is 47.0 Å². The molecular weight excluding hydrogens is 204 g/mol. The van der Waals surface area contributed by atoms with Gasteiger partial charge < -0.3 is 0 Å². The van der Waals surface area contributed by atoms with E-state index >= 15 is 0 Å². The van der Waals surface area contributed by atoms with Crippen LogP contribution in [0, 0.1) is 11.3 Å². The molecule has 0 heterocycles. The van der Waals surface area contributed by atoms with Gasteiger partial charge in [-0.25, -0.2) is 0 Å². The quantitative estimate of drug-likeness (QED) is 0.593. The molecule has 0 aliphatic heterocycles. The maximum absolute atomic E-state index is 2.56. The van der Waals surface area contributed by atoms with Gasteiger partial charge in [-0.3, -0.25) is 0 Å². The fraction of sp³-hybridized carbons (Fsp3) is 0.529. The zero-order chi connectivity index (χ0) is 12.2. The third kappa shape index (κ3) is 1.57. The van der Waals surface area contributed by atoms with E-state index in [-0.39, 0.29) is 0 Å². The van der Waals surface area contributed by atoms with Crippen LogP contribution in [0.3, 0.4) is 0 Å². The first kappa shape index (κ1) is 11.1. The molecule has 0 aromatic carbocycles. The van der Waals surface area contributed by atoms with Crippen molar-refractivity contribution in [3.8, 4) is 0 Å². The Hall–Kier alpha value is -1.04. The smallest absolute Gasteiger partial charge is 0.0208 e. The Labute approximate surface area is 105 Å². The van der Waals surface area contributed by atoms with E-state index in [2.05, 4.69) is 45.9 Å². The SMILES string of the molecule is CC1=C(C2C=C(C(C)(C)C)C3=C2CC3)CC=C1. The minimum absolute atomic E-state index is 0.316. The molecule has 0 saturated carbocycles. The zero-order valence-corrected chi connectivity index (χ0v) is 11.4. The molecule has 0 fully saturated rings. The third-order valence-electron chi connectivity index (χ3n) is 4.46. The van der Waals surface area contributed by atoms with Gasteiger partial charge >= 0.3 is 0 Å². The normalized spacial score (nSPS) is 27.5. The molecule has 0 aromatic rings. The van der Waals surface area contributed by atoms with Crippen molar-refractivity contribution in [3.05, 3.63) is 46.1 Å². The maximum atomic E-state index is 2.56. The molecular formula is C17H22. The highest BCUT2D eigenvalue weighted by Gasteiger charge is 2.38. The van der Waals surface area contributed by atoms with Gasteiger partial charge in [-0.15, -0.1) is 0 Å². The molecule has 1 atom stereocenters. The fourth-order valence-corrected chi connectivity index (χ4v) is 3.43. The third-order valence-corrected chi connectivity index (χ3v) is 4.46. The Kier molecular flexibility index (Phi) is 2.26. The van der Waals surface area contributed by atoms with Crippen molar-refractivity contribution in [2.45, 2.75) is 47.0 Å². The summed E-state index contributed by atoms with van der Waals surface area (Å²) in [5.74, 6) is 0.642. The summed E-state index contributed by atoms with van der Waals surface area (Å²) in [6.07, 6.45) is 11.0. The summed E-state index contributed by atoms with van der Waals surface area (Å²) in [5, 5.41) is 0. The Morgan fingerprint density at radius 3 is 2.29 bits per heavy atom. The molecule has 0 saturated heterocycles. The fourth-order valence-electron chi connectivity index (χ4n) is 3.43. The van der Waals surface area contributed by atoms with Crippen LogP contribution in [-0.4, -0.2) is 0 Å². The maximum Gasteiger partial charge on any atom is 0.0208 e. The summed E-state index contributed by atoms with van der Waals surface area (Å²) in [5.41, 5.74) is 8.51. The largest absolute Gasteiger partial charge is 0.0802 e. The second kappa shape index (κ2) is 3.48. The highest BCUT2D eigenvalue weighted by atomic mass is 14.4. The summed E-state index contributed by atoms with van der Waals surface area (Å²) in [6, 6.07) is 0. The number of hydrogen-bond donors (Lipinski definition) is 0. The molecule has 0 nitrogen and oxygen atoms in total. The van der Waals surface area contributed by atoms with Crippen LogP contribution in [0.5, 0.6) is 0 Å². The average molecular weight is 226 g/mol. The zero-order valence-electron chi connectivity index (χ0n) is 11.4. The van der Waals surface area contributed by atoms with E-state index in [1.54, 1.807) is 22.3 Å². The van der Waals surface area contributed by atoms with Gasteiger partial charge in [0.15, 0.2) is 0 Å². The number of rotatable bonds is 1. The van der Waals surface area contributed by atoms with Crippen LogP contribution in [0.25, 0.3) is 0 Å². The van der Waals surface area contributed by atoms with Crippen molar-refractivity contribution in [1.29, 1.82) is 0 Å². The lowest BCUT2D eigenvalue weighted by atomic mass is 9.76. The highest BCUT2D eigenvalue weighted by molar-refractivity contribution is 5.57. The van der Waals surface area contributed by atoms with Crippen LogP contribution >= 0.6 is 0 Å². The van der Waals surface area contributed by atoms with Crippen LogP contribution in [-0.2, 0) is 0 Å². The second-order valence-corrected chi connectivity index (χ2v) is 6.63.